The summed E-state index contributed by atoms with van der Waals surface area (Å²) in [4.78, 5) is 6.50. The first kappa shape index (κ1) is 20.2. The third-order valence-corrected chi connectivity index (χ3v) is 8.75. The van der Waals surface area contributed by atoms with Crippen molar-refractivity contribution in [2.45, 2.75) is 50.2 Å². The van der Waals surface area contributed by atoms with Crippen LogP contribution in [0.5, 0.6) is 0 Å². The van der Waals surface area contributed by atoms with Crippen LogP contribution in [0.1, 0.15) is 51.0 Å². The first-order valence-electron chi connectivity index (χ1n) is 10.1. The van der Waals surface area contributed by atoms with Gasteiger partial charge in [0, 0.05) is 26.7 Å². The first-order valence-corrected chi connectivity index (χ1v) is 11.7. The van der Waals surface area contributed by atoms with Crippen LogP contribution in [-0.2, 0) is 9.84 Å². The number of rotatable bonds is 3. The van der Waals surface area contributed by atoms with Crippen LogP contribution in [0.4, 0.5) is 0 Å². The topological polar surface area (TPSA) is 61.8 Å². The van der Waals surface area contributed by atoms with Gasteiger partial charge in [0.25, 0.3) is 0 Å². The van der Waals surface area contributed by atoms with Gasteiger partial charge in [0.2, 0.25) is 0 Å². The smallest absolute Gasteiger partial charge is 0.193 e. The van der Waals surface area contributed by atoms with Gasteiger partial charge in [0.15, 0.2) is 15.8 Å². The minimum Gasteiger partial charge on any atom is -0.356 e. The first-order chi connectivity index (χ1) is 12.8. The third kappa shape index (κ3) is 4.65. The predicted octanol–water partition coefficient (Wildman–Crippen LogP) is 3.04. The molecule has 1 heterocycles. The van der Waals surface area contributed by atoms with E-state index in [1.807, 2.05) is 13.8 Å². The van der Waals surface area contributed by atoms with Gasteiger partial charge in [-0.2, -0.15) is 0 Å². The average Bonchev–Trinajstić information content (AvgIpc) is 2.66. The standard InChI is InChI=1S/C21H33N3O2S/c1-21(2)16-24(13-14-27(21,25)26)20(22-3)23-15-17-9-11-19(12-10-17)18-7-5-4-6-8-18/h4-8,17,19H,9-16H2,1-3H3,(H,22,23). The molecule has 6 heteroatoms. The van der Waals surface area contributed by atoms with E-state index < -0.39 is 14.6 Å². The highest BCUT2D eigenvalue weighted by atomic mass is 32.2. The molecule has 0 aromatic heterocycles. The molecule has 0 radical (unpaired) electrons. The lowest BCUT2D eigenvalue weighted by Gasteiger charge is -2.39. The normalized spacial score (nSPS) is 28.0. The SMILES string of the molecule is CN=C(NCC1CCC(c2ccccc2)CC1)N1CCS(=O)(=O)C(C)(C)C1. The van der Waals surface area contributed by atoms with Gasteiger partial charge in [0.1, 0.15) is 0 Å². The van der Waals surface area contributed by atoms with Gasteiger partial charge in [-0.25, -0.2) is 8.42 Å². The van der Waals surface area contributed by atoms with E-state index >= 15 is 0 Å². The van der Waals surface area contributed by atoms with Crippen LogP contribution < -0.4 is 5.32 Å². The summed E-state index contributed by atoms with van der Waals surface area (Å²) in [6, 6.07) is 10.8. The Bertz CT molecular complexity index is 751. The fourth-order valence-electron chi connectivity index (χ4n) is 4.32. The van der Waals surface area contributed by atoms with Crippen molar-refractivity contribution >= 4 is 15.8 Å². The number of hydrogen-bond acceptors (Lipinski definition) is 3. The van der Waals surface area contributed by atoms with Gasteiger partial charge in [-0.1, -0.05) is 30.3 Å². The Hall–Kier alpha value is -1.56. The zero-order valence-corrected chi connectivity index (χ0v) is 17.6. The summed E-state index contributed by atoms with van der Waals surface area (Å²) in [5.41, 5.74) is 1.47. The number of nitrogens with one attached hydrogen (secondary N) is 1. The summed E-state index contributed by atoms with van der Waals surface area (Å²) < 4.78 is 23.7. The third-order valence-electron chi connectivity index (χ3n) is 6.22. The second-order valence-corrected chi connectivity index (χ2v) is 11.3. The Morgan fingerprint density at radius 1 is 1.19 bits per heavy atom. The quantitative estimate of drug-likeness (QED) is 0.635. The van der Waals surface area contributed by atoms with Crippen molar-refractivity contribution in [3.05, 3.63) is 35.9 Å². The molecule has 2 fully saturated rings. The van der Waals surface area contributed by atoms with Crippen LogP contribution in [0.3, 0.4) is 0 Å². The Morgan fingerprint density at radius 2 is 1.85 bits per heavy atom. The minimum absolute atomic E-state index is 0.197. The highest BCUT2D eigenvalue weighted by Crippen LogP contribution is 2.35. The molecule has 5 nitrogen and oxygen atoms in total. The summed E-state index contributed by atoms with van der Waals surface area (Å²) in [6.45, 7) is 5.55. The van der Waals surface area contributed by atoms with Crippen molar-refractivity contribution in [1.29, 1.82) is 0 Å². The highest BCUT2D eigenvalue weighted by Gasteiger charge is 2.41. The van der Waals surface area contributed by atoms with Gasteiger partial charge in [0.05, 0.1) is 10.5 Å². The lowest BCUT2D eigenvalue weighted by atomic mass is 9.79. The Morgan fingerprint density at radius 3 is 2.44 bits per heavy atom. The zero-order valence-electron chi connectivity index (χ0n) is 16.8. The molecule has 1 aliphatic carbocycles. The average molecular weight is 392 g/mol. The molecule has 2 aliphatic rings. The number of nitrogens with zero attached hydrogens (tertiary/aromatic N) is 2. The molecule has 27 heavy (non-hydrogen) atoms. The van der Waals surface area contributed by atoms with Crippen LogP contribution in [0.15, 0.2) is 35.3 Å². The summed E-state index contributed by atoms with van der Waals surface area (Å²) in [5, 5.41) is 3.51. The Balaban J connectivity index is 1.50. The van der Waals surface area contributed by atoms with E-state index in [0.717, 1.165) is 12.5 Å². The molecular weight excluding hydrogens is 358 g/mol. The fourth-order valence-corrected chi connectivity index (χ4v) is 5.68. The molecule has 1 aromatic rings. The summed E-state index contributed by atoms with van der Waals surface area (Å²) in [6.07, 6.45) is 4.93. The maximum atomic E-state index is 12.2. The molecule has 1 saturated heterocycles. The monoisotopic (exact) mass is 391 g/mol. The van der Waals surface area contributed by atoms with E-state index in [1.165, 1.54) is 31.2 Å². The van der Waals surface area contributed by atoms with Crippen molar-refractivity contribution in [2.75, 3.05) is 32.4 Å². The lowest BCUT2D eigenvalue weighted by Crippen LogP contribution is -2.57. The van der Waals surface area contributed by atoms with Crippen LogP contribution >= 0.6 is 0 Å². The van der Waals surface area contributed by atoms with E-state index in [9.17, 15) is 8.42 Å². The van der Waals surface area contributed by atoms with Crippen LogP contribution in [0, 0.1) is 5.92 Å². The molecule has 3 rings (SSSR count). The van der Waals surface area contributed by atoms with Crippen LogP contribution in [0.25, 0.3) is 0 Å². The lowest BCUT2D eigenvalue weighted by molar-refractivity contribution is 0.313. The molecule has 0 unspecified atom stereocenters. The Labute approximate surface area is 164 Å². The molecule has 1 aliphatic heterocycles. The summed E-state index contributed by atoms with van der Waals surface area (Å²) in [5.74, 6) is 2.38. The maximum absolute atomic E-state index is 12.2. The largest absolute Gasteiger partial charge is 0.356 e. The van der Waals surface area contributed by atoms with Gasteiger partial charge in [-0.3, -0.25) is 4.99 Å². The van der Waals surface area contributed by atoms with Crippen molar-refractivity contribution < 1.29 is 8.42 Å². The van der Waals surface area contributed by atoms with Crippen molar-refractivity contribution in [3.8, 4) is 0 Å². The second-order valence-electron chi connectivity index (χ2n) is 8.56. The second kappa shape index (κ2) is 8.21. The van der Waals surface area contributed by atoms with Crippen molar-refractivity contribution in [2.24, 2.45) is 10.9 Å². The molecule has 1 N–H and O–H groups in total. The van der Waals surface area contributed by atoms with E-state index in [2.05, 4.69) is 45.5 Å². The van der Waals surface area contributed by atoms with Gasteiger partial charge in [-0.05, 0) is 56.9 Å². The van der Waals surface area contributed by atoms with E-state index in [-0.39, 0.29) is 5.75 Å². The van der Waals surface area contributed by atoms with Crippen LogP contribution in [0.2, 0.25) is 0 Å². The number of hydrogen-bond donors (Lipinski definition) is 1. The molecule has 0 spiro atoms. The summed E-state index contributed by atoms with van der Waals surface area (Å²) in [7, 11) is -1.25. The molecular formula is C21H33N3O2S. The van der Waals surface area contributed by atoms with Gasteiger partial charge in [-0.15, -0.1) is 0 Å². The molecule has 0 bridgehead atoms. The fraction of sp³-hybridized carbons (Fsp3) is 0.667. The highest BCUT2D eigenvalue weighted by molar-refractivity contribution is 7.92. The van der Waals surface area contributed by atoms with Gasteiger partial charge < -0.3 is 10.2 Å². The van der Waals surface area contributed by atoms with Crippen molar-refractivity contribution in [1.82, 2.24) is 10.2 Å². The van der Waals surface area contributed by atoms with E-state index in [1.54, 1.807) is 7.05 Å². The number of aliphatic imine (C=N–C) groups is 1. The molecule has 1 aromatic carbocycles. The minimum atomic E-state index is -3.03. The maximum Gasteiger partial charge on any atom is 0.193 e. The number of sulfone groups is 1. The number of guanidine groups is 1. The number of benzene rings is 1. The van der Waals surface area contributed by atoms with E-state index in [0.29, 0.717) is 24.9 Å². The zero-order chi connectivity index (χ0) is 19.5. The molecule has 150 valence electrons. The molecule has 1 saturated carbocycles. The van der Waals surface area contributed by atoms with Gasteiger partial charge >= 0.3 is 0 Å². The predicted molar refractivity (Wildman–Crippen MR) is 112 cm³/mol. The van der Waals surface area contributed by atoms with Crippen LogP contribution in [-0.4, -0.2) is 56.5 Å². The summed E-state index contributed by atoms with van der Waals surface area (Å²) >= 11 is 0. The van der Waals surface area contributed by atoms with E-state index in [4.69, 9.17) is 0 Å². The molecule has 0 atom stereocenters. The molecule has 0 amide bonds. The Kier molecular flexibility index (Phi) is 6.14. The van der Waals surface area contributed by atoms with Crippen molar-refractivity contribution in [3.63, 3.8) is 0 Å².